The quantitative estimate of drug-likeness (QED) is 0.907. The van der Waals surface area contributed by atoms with Crippen molar-refractivity contribution in [2.75, 3.05) is 20.8 Å². The van der Waals surface area contributed by atoms with Crippen molar-refractivity contribution in [3.05, 3.63) is 29.8 Å². The van der Waals surface area contributed by atoms with Crippen LogP contribution in [0.2, 0.25) is 0 Å². The molecule has 2 fully saturated rings. The fourth-order valence-electron chi connectivity index (χ4n) is 3.99. The summed E-state index contributed by atoms with van der Waals surface area (Å²) in [5, 5.41) is 3.60. The Hall–Kier alpha value is -1.06. The molecule has 3 nitrogen and oxygen atoms in total. The third kappa shape index (κ3) is 1.72. The Balaban J connectivity index is 2.10. The van der Waals surface area contributed by atoms with Crippen LogP contribution >= 0.6 is 0 Å². The van der Waals surface area contributed by atoms with Crippen LogP contribution in [-0.2, 0) is 10.3 Å². The van der Waals surface area contributed by atoms with E-state index in [4.69, 9.17) is 9.47 Å². The summed E-state index contributed by atoms with van der Waals surface area (Å²) in [4.78, 5) is 0. The predicted octanol–water partition coefficient (Wildman–Crippen LogP) is 2.84. The molecule has 1 N–H and O–H groups in total. The molecule has 1 aromatic carbocycles. The van der Waals surface area contributed by atoms with Crippen molar-refractivity contribution in [3.8, 4) is 5.75 Å². The first-order chi connectivity index (χ1) is 9.28. The van der Waals surface area contributed by atoms with Gasteiger partial charge in [0.2, 0.25) is 0 Å². The van der Waals surface area contributed by atoms with Gasteiger partial charge in [0.25, 0.3) is 0 Å². The molecule has 1 aliphatic heterocycles. The van der Waals surface area contributed by atoms with E-state index in [1.807, 2.05) is 6.07 Å². The molecule has 19 heavy (non-hydrogen) atoms. The summed E-state index contributed by atoms with van der Waals surface area (Å²) in [6.07, 6.45) is 5.91. The fraction of sp³-hybridized carbons (Fsp3) is 0.625. The average molecular weight is 261 g/mol. The maximum absolute atomic E-state index is 6.10. The second-order valence-corrected chi connectivity index (χ2v) is 5.66. The molecule has 2 aliphatic rings. The first-order valence-corrected chi connectivity index (χ1v) is 7.24. The molecule has 1 unspecified atom stereocenters. The maximum atomic E-state index is 6.10. The highest BCUT2D eigenvalue weighted by Gasteiger charge is 2.58. The zero-order chi connectivity index (χ0) is 13.3. The lowest BCUT2D eigenvalue weighted by Crippen LogP contribution is -2.67. The van der Waals surface area contributed by atoms with Crippen molar-refractivity contribution in [3.63, 3.8) is 0 Å². The lowest BCUT2D eigenvalue weighted by molar-refractivity contribution is -0.217. The second-order valence-electron chi connectivity index (χ2n) is 5.66. The molecule has 1 heterocycles. The second kappa shape index (κ2) is 4.80. The average Bonchev–Trinajstić information content (AvgIpc) is 2.45. The van der Waals surface area contributed by atoms with Gasteiger partial charge in [-0.25, -0.2) is 0 Å². The number of para-hydroxylation sites is 1. The lowest BCUT2D eigenvalue weighted by atomic mass is 9.62. The third-order valence-corrected chi connectivity index (χ3v) is 5.04. The molecular formula is C16H23NO2. The van der Waals surface area contributed by atoms with Crippen LogP contribution in [0.1, 0.15) is 37.7 Å². The molecule has 3 rings (SSSR count). The van der Waals surface area contributed by atoms with Gasteiger partial charge in [-0.3, -0.25) is 0 Å². The number of benzene rings is 1. The summed E-state index contributed by atoms with van der Waals surface area (Å²) in [6.45, 7) is 0.887. The summed E-state index contributed by atoms with van der Waals surface area (Å²) in [5.41, 5.74) is 1.12. The third-order valence-electron chi connectivity index (χ3n) is 5.04. The Bertz CT molecular complexity index is 456. The van der Waals surface area contributed by atoms with E-state index in [1.165, 1.54) is 18.4 Å². The molecule has 1 saturated heterocycles. The minimum absolute atomic E-state index is 0.0331. The van der Waals surface area contributed by atoms with Crippen molar-refractivity contribution < 1.29 is 9.47 Å². The van der Waals surface area contributed by atoms with Crippen LogP contribution in [-0.4, -0.2) is 26.4 Å². The van der Waals surface area contributed by atoms with E-state index in [2.05, 4.69) is 30.6 Å². The molecule has 1 aliphatic carbocycles. The minimum atomic E-state index is -0.101. The van der Waals surface area contributed by atoms with Crippen molar-refractivity contribution >= 4 is 0 Å². The number of hydrogen-bond donors (Lipinski definition) is 1. The van der Waals surface area contributed by atoms with E-state index in [1.54, 1.807) is 7.11 Å². The topological polar surface area (TPSA) is 30.5 Å². The van der Waals surface area contributed by atoms with E-state index >= 15 is 0 Å². The van der Waals surface area contributed by atoms with E-state index < -0.39 is 0 Å². The van der Waals surface area contributed by atoms with E-state index in [9.17, 15) is 0 Å². The van der Waals surface area contributed by atoms with Crippen molar-refractivity contribution in [1.29, 1.82) is 0 Å². The van der Waals surface area contributed by atoms with Crippen molar-refractivity contribution in [2.45, 2.75) is 43.2 Å². The Morgan fingerprint density at radius 3 is 2.53 bits per heavy atom. The molecule has 3 heteroatoms. The molecule has 0 radical (unpaired) electrons. The largest absolute Gasteiger partial charge is 0.496 e. The molecule has 0 bridgehead atoms. The van der Waals surface area contributed by atoms with Crippen molar-refractivity contribution in [2.24, 2.45) is 0 Å². The SMILES string of the molecule is CN[C@]1(c2ccccc2OC)CCCCC12CCO2. The highest BCUT2D eigenvalue weighted by atomic mass is 16.5. The Morgan fingerprint density at radius 2 is 1.89 bits per heavy atom. The maximum Gasteiger partial charge on any atom is 0.124 e. The van der Waals surface area contributed by atoms with E-state index in [0.717, 1.165) is 31.6 Å². The van der Waals surface area contributed by atoms with Gasteiger partial charge in [0.05, 0.1) is 24.9 Å². The number of likely N-dealkylation sites (N-methyl/N-ethyl adjacent to an activating group) is 1. The van der Waals surface area contributed by atoms with Crippen molar-refractivity contribution in [1.82, 2.24) is 5.32 Å². The smallest absolute Gasteiger partial charge is 0.124 e. The fourth-order valence-corrected chi connectivity index (χ4v) is 3.99. The minimum Gasteiger partial charge on any atom is -0.496 e. The highest BCUT2D eigenvalue weighted by Crippen LogP contribution is 2.54. The molecule has 1 saturated carbocycles. The highest BCUT2D eigenvalue weighted by molar-refractivity contribution is 5.42. The number of rotatable bonds is 3. The van der Waals surface area contributed by atoms with Crippen LogP contribution in [0.5, 0.6) is 5.75 Å². The summed E-state index contributed by atoms with van der Waals surface area (Å²) >= 11 is 0. The molecule has 2 atom stereocenters. The number of hydrogen-bond acceptors (Lipinski definition) is 3. The number of methoxy groups -OCH3 is 1. The predicted molar refractivity (Wildman–Crippen MR) is 75.5 cm³/mol. The lowest BCUT2D eigenvalue weighted by Gasteiger charge is -2.58. The van der Waals surface area contributed by atoms with Crippen LogP contribution in [0.4, 0.5) is 0 Å². The van der Waals surface area contributed by atoms with Crippen LogP contribution < -0.4 is 10.1 Å². The Labute approximate surface area is 115 Å². The summed E-state index contributed by atoms with van der Waals surface area (Å²) < 4.78 is 11.7. The van der Waals surface area contributed by atoms with E-state index in [0.29, 0.717) is 0 Å². The number of ether oxygens (including phenoxy) is 2. The van der Waals surface area contributed by atoms with Gasteiger partial charge < -0.3 is 14.8 Å². The Kier molecular flexibility index (Phi) is 3.27. The normalized spacial score (nSPS) is 34.0. The van der Waals surface area contributed by atoms with Gasteiger partial charge in [0, 0.05) is 12.0 Å². The first-order valence-electron chi connectivity index (χ1n) is 7.24. The number of nitrogens with one attached hydrogen (secondary N) is 1. The van der Waals surface area contributed by atoms with E-state index in [-0.39, 0.29) is 11.1 Å². The van der Waals surface area contributed by atoms with Crippen LogP contribution in [0, 0.1) is 0 Å². The summed E-state index contributed by atoms with van der Waals surface area (Å²) in [7, 11) is 3.81. The summed E-state index contributed by atoms with van der Waals surface area (Å²) in [6, 6.07) is 8.36. The zero-order valence-electron chi connectivity index (χ0n) is 11.9. The van der Waals surface area contributed by atoms with Crippen LogP contribution in [0.25, 0.3) is 0 Å². The summed E-state index contributed by atoms with van der Waals surface area (Å²) in [5.74, 6) is 0.966. The van der Waals surface area contributed by atoms with Gasteiger partial charge in [-0.1, -0.05) is 31.0 Å². The van der Waals surface area contributed by atoms with Gasteiger partial charge in [-0.15, -0.1) is 0 Å². The Morgan fingerprint density at radius 1 is 1.16 bits per heavy atom. The first kappa shape index (κ1) is 12.9. The van der Waals surface area contributed by atoms with Crippen LogP contribution in [0.15, 0.2) is 24.3 Å². The van der Waals surface area contributed by atoms with Gasteiger partial charge >= 0.3 is 0 Å². The van der Waals surface area contributed by atoms with Gasteiger partial charge in [-0.05, 0) is 26.0 Å². The molecule has 0 amide bonds. The molecule has 0 aromatic heterocycles. The van der Waals surface area contributed by atoms with Gasteiger partial charge in [0.1, 0.15) is 5.75 Å². The zero-order valence-corrected chi connectivity index (χ0v) is 11.9. The van der Waals surface area contributed by atoms with Crippen LogP contribution in [0.3, 0.4) is 0 Å². The molecule has 104 valence electrons. The molecule has 1 spiro atoms. The van der Waals surface area contributed by atoms with Gasteiger partial charge in [0.15, 0.2) is 0 Å². The molecular weight excluding hydrogens is 238 g/mol. The standard InChI is InChI=1S/C16H23NO2/c1-17-16(13-7-3-4-8-14(13)18-2)10-6-5-9-15(16)11-12-19-15/h3-4,7-8,17H,5-6,9-12H2,1-2H3/t15?,16-/m0/s1. The molecule has 1 aromatic rings. The van der Waals surface area contributed by atoms with Gasteiger partial charge in [-0.2, -0.15) is 0 Å². The monoisotopic (exact) mass is 261 g/mol.